The summed E-state index contributed by atoms with van der Waals surface area (Å²) in [6.07, 6.45) is 0.624. The Balaban J connectivity index is 1.63. The number of hydrogen-bond donors (Lipinski definition) is 2. The van der Waals surface area contributed by atoms with Crippen molar-refractivity contribution in [2.75, 3.05) is 11.3 Å². The first-order valence-electron chi connectivity index (χ1n) is 7.75. The van der Waals surface area contributed by atoms with E-state index in [1.54, 1.807) is 24.3 Å². The smallest absolute Gasteiger partial charge is 0.302 e. The molecule has 0 aliphatic carbocycles. The van der Waals surface area contributed by atoms with Crippen molar-refractivity contribution in [3.63, 3.8) is 0 Å². The van der Waals surface area contributed by atoms with Gasteiger partial charge in [0.05, 0.1) is 17.3 Å². The fourth-order valence-corrected chi connectivity index (χ4v) is 4.77. The Morgan fingerprint density at radius 1 is 1.12 bits per heavy atom. The van der Waals surface area contributed by atoms with Gasteiger partial charge in [-0.05, 0) is 42.3 Å². The van der Waals surface area contributed by atoms with Crippen LogP contribution in [0.4, 0.5) is 5.69 Å². The monoisotopic (exact) mass is 395 g/mol. The number of aromatic nitrogens is 1. The van der Waals surface area contributed by atoms with Gasteiger partial charge in [-0.2, -0.15) is 12.7 Å². The molecule has 2 heterocycles. The molecule has 1 aromatic heterocycles. The molecule has 4 rings (SSSR count). The summed E-state index contributed by atoms with van der Waals surface area (Å²) < 4.78 is 29.4. The maximum Gasteiger partial charge on any atom is 0.302 e. The molecule has 0 amide bonds. The lowest BCUT2D eigenvalue weighted by atomic mass is 10.0. The number of aromatic amines is 1. The lowest BCUT2D eigenvalue weighted by Crippen LogP contribution is -2.39. The molecular formula is C17H15Cl2N3O2S. The van der Waals surface area contributed by atoms with Crippen LogP contribution in [0, 0.1) is 0 Å². The Bertz CT molecular complexity index is 1060. The summed E-state index contributed by atoms with van der Waals surface area (Å²) in [6, 6.07) is 12.4. The largest absolute Gasteiger partial charge is 0.357 e. The zero-order valence-corrected chi connectivity index (χ0v) is 15.4. The van der Waals surface area contributed by atoms with E-state index < -0.39 is 10.2 Å². The van der Waals surface area contributed by atoms with Crippen molar-refractivity contribution in [2.45, 2.75) is 13.0 Å². The van der Waals surface area contributed by atoms with Gasteiger partial charge in [-0.3, -0.25) is 4.72 Å². The van der Waals surface area contributed by atoms with E-state index in [4.69, 9.17) is 23.2 Å². The van der Waals surface area contributed by atoms with E-state index in [9.17, 15) is 8.42 Å². The fraction of sp³-hybridized carbons (Fsp3) is 0.176. The van der Waals surface area contributed by atoms with E-state index in [2.05, 4.69) is 9.71 Å². The molecule has 3 aromatic rings. The molecule has 0 unspecified atom stereocenters. The highest BCUT2D eigenvalue weighted by Crippen LogP contribution is 2.31. The van der Waals surface area contributed by atoms with Crippen LogP contribution in [0.3, 0.4) is 0 Å². The number of H-pyrrole nitrogens is 1. The molecular weight excluding hydrogens is 381 g/mol. The Hall–Kier alpha value is -1.73. The average Bonchev–Trinajstić information content (AvgIpc) is 2.94. The van der Waals surface area contributed by atoms with Gasteiger partial charge in [0.25, 0.3) is 0 Å². The molecule has 2 N–H and O–H groups in total. The summed E-state index contributed by atoms with van der Waals surface area (Å²) in [6.45, 7) is 0.674. The summed E-state index contributed by atoms with van der Waals surface area (Å²) in [5.74, 6) is 0. The predicted octanol–water partition coefficient (Wildman–Crippen LogP) is 4.19. The summed E-state index contributed by atoms with van der Waals surface area (Å²) in [7, 11) is -3.69. The Morgan fingerprint density at radius 3 is 2.72 bits per heavy atom. The highest BCUT2D eigenvalue weighted by atomic mass is 35.5. The number of fused-ring (bicyclic) bond motifs is 3. The summed E-state index contributed by atoms with van der Waals surface area (Å²) >= 11 is 12.1. The van der Waals surface area contributed by atoms with Crippen LogP contribution in [0.1, 0.15) is 11.3 Å². The molecule has 8 heteroatoms. The van der Waals surface area contributed by atoms with Gasteiger partial charge in [0.15, 0.2) is 0 Å². The molecule has 0 bridgehead atoms. The van der Waals surface area contributed by atoms with E-state index in [0.717, 1.165) is 22.2 Å². The molecule has 130 valence electrons. The van der Waals surface area contributed by atoms with E-state index in [1.165, 1.54) is 4.31 Å². The molecule has 2 aromatic carbocycles. The van der Waals surface area contributed by atoms with E-state index in [1.807, 2.05) is 18.2 Å². The lowest BCUT2D eigenvalue weighted by Gasteiger charge is -2.26. The van der Waals surface area contributed by atoms with Crippen molar-refractivity contribution in [3.8, 4) is 0 Å². The van der Waals surface area contributed by atoms with Gasteiger partial charge in [0, 0.05) is 28.2 Å². The first-order valence-corrected chi connectivity index (χ1v) is 9.95. The number of rotatable bonds is 3. The van der Waals surface area contributed by atoms with Crippen molar-refractivity contribution >= 4 is 50.0 Å². The number of hydrogen-bond acceptors (Lipinski definition) is 2. The number of benzene rings is 2. The molecule has 0 saturated heterocycles. The van der Waals surface area contributed by atoms with Crippen LogP contribution in [-0.2, 0) is 23.2 Å². The van der Waals surface area contributed by atoms with Gasteiger partial charge in [0.2, 0.25) is 0 Å². The first-order chi connectivity index (χ1) is 11.9. The van der Waals surface area contributed by atoms with Crippen molar-refractivity contribution in [1.82, 2.24) is 9.29 Å². The number of anilines is 1. The minimum Gasteiger partial charge on any atom is -0.357 e. The average molecular weight is 396 g/mol. The second kappa shape index (κ2) is 6.21. The summed E-state index contributed by atoms with van der Waals surface area (Å²) in [4.78, 5) is 3.30. The molecule has 0 saturated carbocycles. The topological polar surface area (TPSA) is 65.2 Å². The van der Waals surface area contributed by atoms with Crippen LogP contribution in [0.25, 0.3) is 10.9 Å². The third kappa shape index (κ3) is 3.11. The third-order valence-corrected chi connectivity index (χ3v) is 6.39. The predicted molar refractivity (Wildman–Crippen MR) is 101 cm³/mol. The van der Waals surface area contributed by atoms with Crippen molar-refractivity contribution in [2.24, 2.45) is 0 Å². The van der Waals surface area contributed by atoms with Crippen molar-refractivity contribution in [1.29, 1.82) is 0 Å². The van der Waals surface area contributed by atoms with E-state index in [0.29, 0.717) is 28.7 Å². The van der Waals surface area contributed by atoms with Crippen molar-refractivity contribution < 1.29 is 8.42 Å². The number of halogens is 2. The highest BCUT2D eigenvalue weighted by molar-refractivity contribution is 7.90. The van der Waals surface area contributed by atoms with Crippen LogP contribution in [0.2, 0.25) is 10.0 Å². The zero-order valence-electron chi connectivity index (χ0n) is 13.1. The van der Waals surface area contributed by atoms with Gasteiger partial charge in [-0.1, -0.05) is 35.3 Å². The SMILES string of the molecule is O=S(=O)(Nc1ccccc1Cl)N1CCc2c([nH]c3ccc(Cl)cc23)C1. The van der Waals surface area contributed by atoms with E-state index >= 15 is 0 Å². The quantitative estimate of drug-likeness (QED) is 0.697. The minimum absolute atomic E-state index is 0.279. The van der Waals surface area contributed by atoms with Gasteiger partial charge in [-0.25, -0.2) is 0 Å². The Morgan fingerprint density at radius 2 is 1.92 bits per heavy atom. The van der Waals surface area contributed by atoms with Gasteiger partial charge < -0.3 is 4.98 Å². The Labute approximate surface area is 155 Å². The highest BCUT2D eigenvalue weighted by Gasteiger charge is 2.29. The maximum absolute atomic E-state index is 12.7. The van der Waals surface area contributed by atoms with Crippen molar-refractivity contribution in [3.05, 3.63) is 63.8 Å². The molecule has 5 nitrogen and oxygen atoms in total. The molecule has 25 heavy (non-hydrogen) atoms. The molecule has 0 spiro atoms. The van der Waals surface area contributed by atoms with Gasteiger partial charge in [-0.15, -0.1) is 0 Å². The molecule has 0 fully saturated rings. The summed E-state index contributed by atoms with van der Waals surface area (Å²) in [5.41, 5.74) is 3.36. The number of nitrogens with one attached hydrogen (secondary N) is 2. The molecule has 0 radical (unpaired) electrons. The maximum atomic E-state index is 12.7. The zero-order chi connectivity index (χ0) is 17.6. The van der Waals surface area contributed by atoms with E-state index in [-0.39, 0.29) is 6.54 Å². The van der Waals surface area contributed by atoms with Crippen LogP contribution >= 0.6 is 23.2 Å². The van der Waals surface area contributed by atoms with Crippen LogP contribution < -0.4 is 4.72 Å². The normalized spacial score (nSPS) is 15.3. The first kappa shape index (κ1) is 16.7. The number of para-hydroxylation sites is 1. The Kier molecular flexibility index (Phi) is 4.16. The molecule has 1 aliphatic heterocycles. The standard InChI is InChI=1S/C17H15Cl2N3O2S/c18-11-5-6-15-13(9-11)12-7-8-22(10-17(12)20-15)25(23,24)21-16-4-2-1-3-14(16)19/h1-6,9,20-21H,7-8,10H2. The fourth-order valence-electron chi connectivity index (χ4n) is 3.14. The molecule has 0 atom stereocenters. The second-order valence-corrected chi connectivity index (χ2v) is 8.46. The minimum atomic E-state index is -3.69. The van der Waals surface area contributed by atoms with Gasteiger partial charge in [0.1, 0.15) is 0 Å². The summed E-state index contributed by atoms with van der Waals surface area (Å²) in [5, 5.41) is 2.09. The number of nitrogens with zero attached hydrogens (tertiary/aromatic N) is 1. The second-order valence-electron chi connectivity index (χ2n) is 5.94. The van der Waals surface area contributed by atoms with Crippen LogP contribution in [-0.4, -0.2) is 24.3 Å². The third-order valence-electron chi connectivity index (χ3n) is 4.35. The molecule has 1 aliphatic rings. The van der Waals surface area contributed by atoms with Crippen LogP contribution in [0.5, 0.6) is 0 Å². The van der Waals surface area contributed by atoms with Gasteiger partial charge >= 0.3 is 10.2 Å². The lowest BCUT2D eigenvalue weighted by molar-refractivity contribution is 0.391. The van der Waals surface area contributed by atoms with Crippen LogP contribution in [0.15, 0.2) is 42.5 Å².